The van der Waals surface area contributed by atoms with Crippen molar-refractivity contribution in [1.82, 2.24) is 5.32 Å². The Hall–Kier alpha value is -0.380. The maximum absolute atomic E-state index is 6.30. The molecule has 20 heavy (non-hydrogen) atoms. The molecule has 2 saturated carbocycles. The van der Waals surface area contributed by atoms with Gasteiger partial charge in [-0.1, -0.05) is 53.4 Å². The molecule has 2 aliphatic carbocycles. The molecular weight excluding hydrogens is 314 g/mol. The van der Waals surface area contributed by atoms with Gasteiger partial charge in [-0.05, 0) is 37.9 Å². The molecule has 1 spiro atoms. The lowest BCUT2D eigenvalue weighted by atomic mass is 9.55. The van der Waals surface area contributed by atoms with Gasteiger partial charge in [0.05, 0.1) is 12.7 Å². The van der Waals surface area contributed by atoms with Crippen molar-refractivity contribution < 1.29 is 4.74 Å². The van der Waals surface area contributed by atoms with E-state index in [2.05, 4.69) is 52.6 Å². The molecule has 0 amide bonds. The van der Waals surface area contributed by atoms with Gasteiger partial charge in [0.2, 0.25) is 0 Å². The van der Waals surface area contributed by atoms with Crippen LogP contribution in [-0.2, 0) is 11.3 Å². The Morgan fingerprint density at radius 3 is 2.70 bits per heavy atom. The van der Waals surface area contributed by atoms with Gasteiger partial charge in [0.15, 0.2) is 0 Å². The summed E-state index contributed by atoms with van der Waals surface area (Å²) in [6.45, 7) is 0.726. The van der Waals surface area contributed by atoms with E-state index in [1.165, 1.54) is 44.1 Å². The molecule has 2 unspecified atom stereocenters. The summed E-state index contributed by atoms with van der Waals surface area (Å²) in [6.07, 6.45) is 8.40. The van der Waals surface area contributed by atoms with E-state index in [-0.39, 0.29) is 0 Å². The normalized spacial score (nSPS) is 28.3. The van der Waals surface area contributed by atoms with Crippen molar-refractivity contribution in [3.8, 4) is 0 Å². The van der Waals surface area contributed by atoms with E-state index in [0.717, 1.165) is 11.1 Å². The van der Waals surface area contributed by atoms with E-state index in [1.54, 1.807) is 0 Å². The zero-order valence-corrected chi connectivity index (χ0v) is 13.8. The molecule has 2 nitrogen and oxygen atoms in total. The second kappa shape index (κ2) is 6.17. The van der Waals surface area contributed by atoms with E-state index in [4.69, 9.17) is 4.74 Å². The molecule has 0 radical (unpaired) electrons. The summed E-state index contributed by atoms with van der Waals surface area (Å²) < 4.78 is 7.46. The van der Waals surface area contributed by atoms with Crippen molar-refractivity contribution in [2.45, 2.75) is 57.3 Å². The molecule has 3 heteroatoms. The average Bonchev–Trinajstić information content (AvgIpc) is 2.49. The summed E-state index contributed by atoms with van der Waals surface area (Å²) in [4.78, 5) is 0. The van der Waals surface area contributed by atoms with Gasteiger partial charge in [-0.2, -0.15) is 0 Å². The molecular formula is C17H24BrNO. The highest BCUT2D eigenvalue weighted by Gasteiger charge is 2.54. The van der Waals surface area contributed by atoms with Crippen molar-refractivity contribution in [1.29, 1.82) is 0 Å². The van der Waals surface area contributed by atoms with Crippen molar-refractivity contribution in [2.24, 2.45) is 5.41 Å². The van der Waals surface area contributed by atoms with Crippen molar-refractivity contribution in [3.63, 3.8) is 0 Å². The fraction of sp³-hybridized carbons (Fsp3) is 0.647. The Balaban J connectivity index is 1.64. The molecule has 2 aliphatic rings. The summed E-state index contributed by atoms with van der Waals surface area (Å²) in [5.74, 6) is 0. The summed E-state index contributed by atoms with van der Waals surface area (Å²) in [5, 5.41) is 3.51. The Labute approximate surface area is 130 Å². The van der Waals surface area contributed by atoms with Crippen LogP contribution in [0.25, 0.3) is 0 Å². The maximum Gasteiger partial charge on any atom is 0.0731 e. The molecule has 1 aromatic carbocycles. The highest BCUT2D eigenvalue weighted by Crippen LogP contribution is 2.53. The van der Waals surface area contributed by atoms with Crippen LogP contribution in [0.3, 0.4) is 0 Å². The summed E-state index contributed by atoms with van der Waals surface area (Å²) >= 11 is 3.61. The molecule has 0 aromatic heterocycles. The first kappa shape index (κ1) is 14.6. The van der Waals surface area contributed by atoms with Gasteiger partial charge in [0.25, 0.3) is 0 Å². The predicted octanol–water partition coefficient (Wildman–Crippen LogP) is 4.28. The first-order chi connectivity index (χ1) is 9.76. The number of ether oxygens (including phenoxy) is 1. The zero-order valence-electron chi connectivity index (χ0n) is 12.2. The lowest BCUT2D eigenvalue weighted by Gasteiger charge is -2.57. The number of nitrogens with one attached hydrogen (secondary N) is 1. The molecule has 2 atom stereocenters. The lowest BCUT2D eigenvalue weighted by molar-refractivity contribution is -0.157. The van der Waals surface area contributed by atoms with Crippen LogP contribution in [0.5, 0.6) is 0 Å². The van der Waals surface area contributed by atoms with Crippen molar-refractivity contribution in [3.05, 3.63) is 34.3 Å². The van der Waals surface area contributed by atoms with Crippen LogP contribution in [0.2, 0.25) is 0 Å². The third-order valence-corrected chi connectivity index (χ3v) is 6.09. The van der Waals surface area contributed by atoms with Crippen molar-refractivity contribution in [2.75, 3.05) is 7.05 Å². The van der Waals surface area contributed by atoms with Gasteiger partial charge in [-0.3, -0.25) is 0 Å². The number of hydrogen-bond acceptors (Lipinski definition) is 2. The minimum atomic E-state index is 0.411. The van der Waals surface area contributed by atoms with E-state index in [0.29, 0.717) is 17.6 Å². The standard InChI is InChI=1S/C17H24BrNO/c1-19-15-11-16(17(15)9-5-2-6-10-17)20-12-13-7-3-4-8-14(13)18/h3-4,7-8,15-16,19H,2,5-6,9-12H2,1H3. The smallest absolute Gasteiger partial charge is 0.0731 e. The Morgan fingerprint density at radius 2 is 2.00 bits per heavy atom. The second-order valence-corrected chi connectivity index (χ2v) is 7.12. The molecule has 1 aromatic rings. The summed E-state index contributed by atoms with van der Waals surface area (Å²) in [6, 6.07) is 9.03. The minimum Gasteiger partial charge on any atom is -0.373 e. The Morgan fingerprint density at radius 1 is 1.25 bits per heavy atom. The summed E-state index contributed by atoms with van der Waals surface area (Å²) in [5.41, 5.74) is 1.67. The minimum absolute atomic E-state index is 0.411. The van der Waals surface area contributed by atoms with Crippen LogP contribution < -0.4 is 5.32 Å². The number of rotatable bonds is 4. The van der Waals surface area contributed by atoms with Crippen LogP contribution in [-0.4, -0.2) is 19.2 Å². The van der Waals surface area contributed by atoms with Gasteiger partial charge >= 0.3 is 0 Å². The second-order valence-electron chi connectivity index (χ2n) is 6.26. The molecule has 0 heterocycles. The van der Waals surface area contributed by atoms with E-state index in [9.17, 15) is 0 Å². The first-order valence-electron chi connectivity index (χ1n) is 7.78. The number of hydrogen-bond donors (Lipinski definition) is 1. The molecule has 0 bridgehead atoms. The molecule has 110 valence electrons. The van der Waals surface area contributed by atoms with Crippen LogP contribution >= 0.6 is 15.9 Å². The van der Waals surface area contributed by atoms with Gasteiger partial charge in [-0.25, -0.2) is 0 Å². The average molecular weight is 338 g/mol. The fourth-order valence-corrected chi connectivity index (χ4v) is 4.47. The quantitative estimate of drug-likeness (QED) is 0.885. The van der Waals surface area contributed by atoms with Gasteiger partial charge in [-0.15, -0.1) is 0 Å². The highest BCUT2D eigenvalue weighted by molar-refractivity contribution is 9.10. The van der Waals surface area contributed by atoms with E-state index in [1.807, 2.05) is 0 Å². The Kier molecular flexibility index (Phi) is 4.49. The molecule has 0 saturated heterocycles. The maximum atomic E-state index is 6.30. The largest absolute Gasteiger partial charge is 0.373 e. The molecule has 0 aliphatic heterocycles. The number of halogens is 1. The molecule has 2 fully saturated rings. The fourth-order valence-electron chi connectivity index (χ4n) is 4.07. The summed E-state index contributed by atoms with van der Waals surface area (Å²) in [7, 11) is 2.10. The van der Waals surface area contributed by atoms with Crippen LogP contribution in [0.4, 0.5) is 0 Å². The molecule has 1 N–H and O–H groups in total. The van der Waals surface area contributed by atoms with E-state index >= 15 is 0 Å². The highest BCUT2D eigenvalue weighted by atomic mass is 79.9. The first-order valence-corrected chi connectivity index (χ1v) is 8.58. The van der Waals surface area contributed by atoms with Crippen molar-refractivity contribution >= 4 is 15.9 Å². The third kappa shape index (κ3) is 2.56. The number of benzene rings is 1. The van der Waals surface area contributed by atoms with Gasteiger partial charge in [0, 0.05) is 15.9 Å². The molecule has 3 rings (SSSR count). The van der Waals surface area contributed by atoms with Gasteiger partial charge < -0.3 is 10.1 Å². The SMILES string of the molecule is CNC1CC(OCc2ccccc2Br)C12CCCCC2. The van der Waals surface area contributed by atoms with E-state index < -0.39 is 0 Å². The van der Waals surface area contributed by atoms with Crippen LogP contribution in [0.15, 0.2) is 28.7 Å². The third-order valence-electron chi connectivity index (χ3n) is 5.32. The van der Waals surface area contributed by atoms with Crippen LogP contribution in [0, 0.1) is 5.41 Å². The lowest BCUT2D eigenvalue weighted by Crippen LogP contribution is -2.63. The monoisotopic (exact) mass is 337 g/mol. The van der Waals surface area contributed by atoms with Gasteiger partial charge in [0.1, 0.15) is 0 Å². The van der Waals surface area contributed by atoms with Crippen LogP contribution in [0.1, 0.15) is 44.1 Å². The predicted molar refractivity (Wildman–Crippen MR) is 85.7 cm³/mol. The zero-order chi connectivity index (χ0) is 14.0. The topological polar surface area (TPSA) is 21.3 Å². The Bertz CT molecular complexity index is 456.